The van der Waals surface area contributed by atoms with Crippen molar-refractivity contribution in [1.29, 1.82) is 0 Å². The summed E-state index contributed by atoms with van der Waals surface area (Å²) >= 11 is 0. The molecule has 0 saturated heterocycles. The van der Waals surface area contributed by atoms with Crippen LogP contribution in [0.2, 0.25) is 0 Å². The number of nitrogens with two attached hydrogens (primary N) is 1. The summed E-state index contributed by atoms with van der Waals surface area (Å²) in [6.45, 7) is 0. The first kappa shape index (κ1) is 10.4. The molecule has 2 N–H and O–H groups in total. The molecule has 0 spiro atoms. The van der Waals surface area contributed by atoms with Crippen molar-refractivity contribution in [3.63, 3.8) is 0 Å². The van der Waals surface area contributed by atoms with Crippen LogP contribution in [0.4, 0.5) is 5.82 Å². The van der Waals surface area contributed by atoms with E-state index in [1.807, 2.05) is 6.07 Å². The highest BCUT2D eigenvalue weighted by Gasteiger charge is 2.13. The fourth-order valence-corrected chi connectivity index (χ4v) is 1.45. The highest BCUT2D eigenvalue weighted by atomic mass is 16.1. The average molecular weight is 216 g/mol. The molecule has 0 aliphatic rings. The predicted molar refractivity (Wildman–Crippen MR) is 59.9 cm³/mol. The third-order valence-corrected chi connectivity index (χ3v) is 2.37. The number of pyridine rings is 1. The number of hydrogen-bond acceptors (Lipinski definition) is 4. The van der Waals surface area contributed by atoms with Crippen LogP contribution in [-0.2, 0) is 13.5 Å². The second-order valence-electron chi connectivity index (χ2n) is 3.53. The van der Waals surface area contributed by atoms with Gasteiger partial charge in [0.2, 0.25) is 0 Å². The molecule has 2 aromatic heterocycles. The lowest BCUT2D eigenvalue weighted by Crippen LogP contribution is -2.07. The molecule has 16 heavy (non-hydrogen) atoms. The fourth-order valence-electron chi connectivity index (χ4n) is 1.45. The van der Waals surface area contributed by atoms with Gasteiger partial charge < -0.3 is 5.73 Å². The van der Waals surface area contributed by atoms with E-state index in [9.17, 15) is 4.79 Å². The Labute approximate surface area is 92.9 Å². The molecular formula is C11H12N4O. The molecule has 0 saturated carbocycles. The number of Topliss-reactive ketones (excluding diaryl/α,β-unsaturated/α-hetero) is 1. The van der Waals surface area contributed by atoms with Gasteiger partial charge in [0.15, 0.2) is 5.78 Å². The second kappa shape index (κ2) is 4.14. The van der Waals surface area contributed by atoms with Crippen LogP contribution < -0.4 is 5.73 Å². The Morgan fingerprint density at radius 3 is 2.88 bits per heavy atom. The number of carbonyl (C=O) groups is 1. The fraction of sp³-hybridized carbons (Fsp3) is 0.182. The molecule has 2 rings (SSSR count). The standard InChI is InChI=1S/C11H12N4O/c1-15-11(12)9(7-14-15)10(16)5-8-3-2-4-13-6-8/h2-4,6-7H,5,12H2,1H3. The molecule has 5 heteroatoms. The number of ketones is 1. The van der Waals surface area contributed by atoms with Crippen molar-refractivity contribution in [3.8, 4) is 0 Å². The van der Waals surface area contributed by atoms with Gasteiger partial charge in [-0.1, -0.05) is 6.07 Å². The molecule has 0 aliphatic heterocycles. The van der Waals surface area contributed by atoms with Crippen molar-refractivity contribution >= 4 is 11.6 Å². The zero-order valence-corrected chi connectivity index (χ0v) is 8.92. The van der Waals surface area contributed by atoms with Crippen molar-refractivity contribution in [2.45, 2.75) is 6.42 Å². The average Bonchev–Trinajstić information content (AvgIpc) is 2.61. The minimum atomic E-state index is -0.0430. The van der Waals surface area contributed by atoms with Gasteiger partial charge in [-0.15, -0.1) is 0 Å². The summed E-state index contributed by atoms with van der Waals surface area (Å²) in [4.78, 5) is 15.8. The van der Waals surface area contributed by atoms with E-state index in [4.69, 9.17) is 5.73 Å². The van der Waals surface area contributed by atoms with Gasteiger partial charge in [-0.05, 0) is 11.6 Å². The van der Waals surface area contributed by atoms with E-state index >= 15 is 0 Å². The maximum absolute atomic E-state index is 11.9. The first-order valence-electron chi connectivity index (χ1n) is 4.88. The van der Waals surface area contributed by atoms with E-state index in [1.165, 1.54) is 10.9 Å². The number of nitrogen functional groups attached to an aromatic ring is 1. The van der Waals surface area contributed by atoms with Crippen molar-refractivity contribution in [2.75, 3.05) is 5.73 Å². The number of aromatic nitrogens is 3. The van der Waals surface area contributed by atoms with Crippen LogP contribution in [0.5, 0.6) is 0 Å². The van der Waals surface area contributed by atoms with Gasteiger partial charge in [-0.25, -0.2) is 0 Å². The molecule has 0 aliphatic carbocycles. The quantitative estimate of drug-likeness (QED) is 0.771. The molecular weight excluding hydrogens is 204 g/mol. The highest BCUT2D eigenvalue weighted by molar-refractivity contribution is 6.01. The van der Waals surface area contributed by atoms with Gasteiger partial charge in [0.1, 0.15) is 5.82 Å². The lowest BCUT2D eigenvalue weighted by atomic mass is 10.1. The van der Waals surface area contributed by atoms with Crippen LogP contribution in [0, 0.1) is 0 Å². The van der Waals surface area contributed by atoms with E-state index in [1.54, 1.807) is 25.5 Å². The Hall–Kier alpha value is -2.17. The van der Waals surface area contributed by atoms with E-state index in [2.05, 4.69) is 10.1 Å². The summed E-state index contributed by atoms with van der Waals surface area (Å²) in [5.74, 6) is 0.354. The first-order valence-corrected chi connectivity index (χ1v) is 4.88. The Morgan fingerprint density at radius 1 is 1.50 bits per heavy atom. The van der Waals surface area contributed by atoms with Gasteiger partial charge in [0.25, 0.3) is 0 Å². The van der Waals surface area contributed by atoms with Crippen molar-refractivity contribution in [1.82, 2.24) is 14.8 Å². The molecule has 0 atom stereocenters. The first-order chi connectivity index (χ1) is 7.68. The van der Waals surface area contributed by atoms with Crippen LogP contribution in [0.3, 0.4) is 0 Å². The lowest BCUT2D eigenvalue weighted by molar-refractivity contribution is 0.0993. The molecule has 5 nitrogen and oxygen atoms in total. The van der Waals surface area contributed by atoms with Gasteiger partial charge in [0.05, 0.1) is 11.8 Å². The molecule has 82 valence electrons. The molecule has 0 aromatic carbocycles. The number of nitrogens with zero attached hydrogens (tertiary/aromatic N) is 3. The molecule has 2 heterocycles. The zero-order chi connectivity index (χ0) is 11.5. The Balaban J connectivity index is 2.18. The predicted octanol–water partition coefficient (Wildman–Crippen LogP) is 0.823. The monoisotopic (exact) mass is 216 g/mol. The smallest absolute Gasteiger partial charge is 0.172 e. The maximum atomic E-state index is 11.9. The van der Waals surface area contributed by atoms with Gasteiger partial charge in [0, 0.05) is 25.9 Å². The third-order valence-electron chi connectivity index (χ3n) is 2.37. The summed E-state index contributed by atoms with van der Waals surface area (Å²) in [5, 5.41) is 3.93. The minimum Gasteiger partial charge on any atom is -0.383 e. The van der Waals surface area contributed by atoms with Crippen LogP contribution in [0.25, 0.3) is 0 Å². The minimum absolute atomic E-state index is 0.0430. The van der Waals surface area contributed by atoms with Crippen LogP contribution >= 0.6 is 0 Å². The van der Waals surface area contributed by atoms with Crippen molar-refractivity contribution < 1.29 is 4.79 Å². The number of hydrogen-bond donors (Lipinski definition) is 1. The third kappa shape index (κ3) is 1.93. The second-order valence-corrected chi connectivity index (χ2v) is 3.53. The topological polar surface area (TPSA) is 73.8 Å². The molecule has 0 bridgehead atoms. The van der Waals surface area contributed by atoms with Crippen molar-refractivity contribution in [3.05, 3.63) is 41.9 Å². The number of anilines is 1. The zero-order valence-electron chi connectivity index (χ0n) is 8.92. The van der Waals surface area contributed by atoms with E-state index in [0.29, 0.717) is 17.8 Å². The lowest BCUT2D eigenvalue weighted by Gasteiger charge is -2.00. The van der Waals surface area contributed by atoms with Gasteiger partial charge in [-0.2, -0.15) is 5.10 Å². The summed E-state index contributed by atoms with van der Waals surface area (Å²) in [6.07, 6.45) is 5.13. The van der Waals surface area contributed by atoms with E-state index in [-0.39, 0.29) is 5.78 Å². The normalized spacial score (nSPS) is 10.3. The van der Waals surface area contributed by atoms with Crippen LogP contribution in [0.15, 0.2) is 30.7 Å². The van der Waals surface area contributed by atoms with Crippen molar-refractivity contribution in [2.24, 2.45) is 7.05 Å². The summed E-state index contributed by atoms with van der Waals surface area (Å²) in [5.41, 5.74) is 7.06. The SMILES string of the molecule is Cn1ncc(C(=O)Cc2cccnc2)c1N. The van der Waals surface area contributed by atoms with Crippen LogP contribution in [-0.4, -0.2) is 20.5 Å². The highest BCUT2D eigenvalue weighted by Crippen LogP contribution is 2.12. The molecule has 0 fully saturated rings. The van der Waals surface area contributed by atoms with E-state index < -0.39 is 0 Å². The number of aryl methyl sites for hydroxylation is 1. The number of carbonyl (C=O) groups excluding carboxylic acids is 1. The molecule has 2 aromatic rings. The Bertz CT molecular complexity index is 504. The Morgan fingerprint density at radius 2 is 2.31 bits per heavy atom. The van der Waals surface area contributed by atoms with Gasteiger partial charge in [-0.3, -0.25) is 14.5 Å². The largest absolute Gasteiger partial charge is 0.383 e. The molecule has 0 unspecified atom stereocenters. The van der Waals surface area contributed by atoms with Crippen LogP contribution in [0.1, 0.15) is 15.9 Å². The summed E-state index contributed by atoms with van der Waals surface area (Å²) in [7, 11) is 1.70. The maximum Gasteiger partial charge on any atom is 0.172 e. The summed E-state index contributed by atoms with van der Waals surface area (Å²) in [6, 6.07) is 3.66. The molecule has 0 radical (unpaired) electrons. The summed E-state index contributed by atoms with van der Waals surface area (Å²) < 4.78 is 1.48. The Kier molecular flexibility index (Phi) is 2.68. The number of rotatable bonds is 3. The van der Waals surface area contributed by atoms with E-state index in [0.717, 1.165) is 5.56 Å². The molecule has 0 amide bonds. The van der Waals surface area contributed by atoms with Gasteiger partial charge >= 0.3 is 0 Å².